The average molecular weight is 415 g/mol. The highest BCUT2D eigenvalue weighted by Crippen LogP contribution is 2.14. The summed E-state index contributed by atoms with van der Waals surface area (Å²) in [6, 6.07) is 9.79. The molecule has 0 bridgehead atoms. The topological polar surface area (TPSA) is 108 Å². The Hall–Kier alpha value is -3.80. The van der Waals surface area contributed by atoms with E-state index in [0.29, 0.717) is 11.3 Å². The molecule has 0 aliphatic rings. The van der Waals surface area contributed by atoms with Gasteiger partial charge in [0.15, 0.2) is 6.61 Å². The van der Waals surface area contributed by atoms with Gasteiger partial charge in [0.05, 0.1) is 11.6 Å². The lowest BCUT2D eigenvalue weighted by atomic mass is 10.0. The summed E-state index contributed by atoms with van der Waals surface area (Å²) in [5.41, 5.74) is -0.127. The number of nitrogens with one attached hydrogen (secondary N) is 2. The van der Waals surface area contributed by atoms with Crippen LogP contribution in [0.4, 0.5) is 14.5 Å². The van der Waals surface area contributed by atoms with E-state index in [-0.39, 0.29) is 0 Å². The summed E-state index contributed by atoms with van der Waals surface area (Å²) >= 11 is 0. The largest absolute Gasteiger partial charge is 0.454 e. The van der Waals surface area contributed by atoms with E-state index < -0.39 is 53.5 Å². The highest BCUT2D eigenvalue weighted by Gasteiger charge is 2.28. The number of nitrogens with zero attached hydrogens (tertiary/aromatic N) is 1. The number of anilines is 1. The summed E-state index contributed by atoms with van der Waals surface area (Å²) in [4.78, 5) is 36.6. The van der Waals surface area contributed by atoms with Crippen LogP contribution >= 0.6 is 0 Å². The van der Waals surface area contributed by atoms with Gasteiger partial charge in [-0.3, -0.25) is 9.59 Å². The third-order valence-corrected chi connectivity index (χ3v) is 4.02. The zero-order chi connectivity index (χ0) is 22.3. The maximum absolute atomic E-state index is 13.8. The lowest BCUT2D eigenvalue weighted by Gasteiger charge is -2.21. The lowest BCUT2D eigenvalue weighted by Crippen LogP contribution is -2.46. The first-order chi connectivity index (χ1) is 14.2. The molecular formula is C21H19F2N3O4. The van der Waals surface area contributed by atoms with Crippen LogP contribution in [-0.4, -0.2) is 30.4 Å². The summed E-state index contributed by atoms with van der Waals surface area (Å²) in [5.74, 6) is -5.32. The zero-order valence-electron chi connectivity index (χ0n) is 16.2. The lowest BCUT2D eigenvalue weighted by molar-refractivity contribution is -0.150. The van der Waals surface area contributed by atoms with Crippen LogP contribution in [0, 0.1) is 28.9 Å². The van der Waals surface area contributed by atoms with Gasteiger partial charge in [-0.05, 0) is 36.2 Å². The maximum Gasteiger partial charge on any atom is 0.329 e. The van der Waals surface area contributed by atoms with Gasteiger partial charge in [0.2, 0.25) is 0 Å². The molecule has 2 rings (SSSR count). The molecule has 0 unspecified atom stereocenters. The predicted molar refractivity (Wildman–Crippen MR) is 103 cm³/mol. The fraction of sp³-hybridized carbons (Fsp3) is 0.238. The number of ether oxygens (including phenoxy) is 1. The Kier molecular flexibility index (Phi) is 7.58. The van der Waals surface area contributed by atoms with Crippen molar-refractivity contribution in [1.29, 1.82) is 5.26 Å². The molecule has 2 amide bonds. The number of carbonyl (C=O) groups excluding carboxylic acids is 3. The maximum atomic E-state index is 13.8. The smallest absolute Gasteiger partial charge is 0.329 e. The minimum atomic E-state index is -1.23. The zero-order valence-corrected chi connectivity index (χ0v) is 16.2. The summed E-state index contributed by atoms with van der Waals surface area (Å²) in [5, 5.41) is 13.6. The average Bonchev–Trinajstić information content (AvgIpc) is 2.70. The SMILES string of the molecule is CC(C)[C@H](NC(=O)c1c(F)cccc1F)C(=O)OCC(=O)Nc1cccc(C#N)c1. The summed E-state index contributed by atoms with van der Waals surface area (Å²) in [7, 11) is 0. The molecule has 0 saturated heterocycles. The Bertz CT molecular complexity index is 982. The molecule has 7 nitrogen and oxygen atoms in total. The van der Waals surface area contributed by atoms with Crippen molar-refractivity contribution in [3.63, 3.8) is 0 Å². The van der Waals surface area contributed by atoms with E-state index in [1.165, 1.54) is 6.07 Å². The fourth-order valence-electron chi connectivity index (χ4n) is 2.52. The van der Waals surface area contributed by atoms with Gasteiger partial charge in [-0.2, -0.15) is 5.26 Å². The van der Waals surface area contributed by atoms with E-state index in [1.54, 1.807) is 32.0 Å². The van der Waals surface area contributed by atoms with Crippen molar-refractivity contribution in [2.24, 2.45) is 5.92 Å². The van der Waals surface area contributed by atoms with Gasteiger partial charge in [0, 0.05) is 5.69 Å². The standard InChI is InChI=1S/C21H19F2N3O4/c1-12(2)19(26-20(28)18-15(22)7-4-8-16(18)23)21(29)30-11-17(27)25-14-6-3-5-13(9-14)10-24/h3-9,12,19H,11H2,1-2H3,(H,25,27)(H,26,28)/t19-/m0/s1. The molecule has 0 saturated carbocycles. The van der Waals surface area contributed by atoms with Gasteiger partial charge >= 0.3 is 5.97 Å². The third-order valence-electron chi connectivity index (χ3n) is 4.02. The number of rotatable bonds is 7. The monoisotopic (exact) mass is 415 g/mol. The fourth-order valence-corrected chi connectivity index (χ4v) is 2.52. The number of hydrogen-bond acceptors (Lipinski definition) is 5. The number of benzene rings is 2. The molecule has 0 fully saturated rings. The van der Waals surface area contributed by atoms with E-state index >= 15 is 0 Å². The highest BCUT2D eigenvalue weighted by molar-refractivity contribution is 5.98. The molecule has 9 heteroatoms. The van der Waals surface area contributed by atoms with Crippen molar-refractivity contribution in [1.82, 2.24) is 5.32 Å². The second-order valence-electron chi connectivity index (χ2n) is 6.64. The second kappa shape index (κ2) is 10.1. The van der Waals surface area contributed by atoms with Gasteiger partial charge in [0.1, 0.15) is 23.2 Å². The first-order valence-corrected chi connectivity index (χ1v) is 8.94. The van der Waals surface area contributed by atoms with Gasteiger partial charge in [-0.1, -0.05) is 26.0 Å². The van der Waals surface area contributed by atoms with Crippen LogP contribution in [0.2, 0.25) is 0 Å². The van der Waals surface area contributed by atoms with Gasteiger partial charge < -0.3 is 15.4 Å². The Morgan fingerprint density at radius 1 is 1.10 bits per heavy atom. The molecule has 156 valence electrons. The minimum Gasteiger partial charge on any atom is -0.454 e. The number of halogens is 2. The Labute approximate surface area is 171 Å². The van der Waals surface area contributed by atoms with Crippen LogP contribution in [0.5, 0.6) is 0 Å². The van der Waals surface area contributed by atoms with E-state index in [2.05, 4.69) is 10.6 Å². The van der Waals surface area contributed by atoms with Gasteiger partial charge in [-0.15, -0.1) is 0 Å². The second-order valence-corrected chi connectivity index (χ2v) is 6.64. The van der Waals surface area contributed by atoms with Crippen molar-refractivity contribution < 1.29 is 27.9 Å². The Morgan fingerprint density at radius 3 is 2.33 bits per heavy atom. The first kappa shape index (κ1) is 22.5. The van der Waals surface area contributed by atoms with Crippen LogP contribution in [0.15, 0.2) is 42.5 Å². The number of nitriles is 1. The molecule has 2 N–H and O–H groups in total. The van der Waals surface area contributed by atoms with Crippen molar-refractivity contribution in [2.75, 3.05) is 11.9 Å². The minimum absolute atomic E-state index is 0.341. The molecule has 0 spiro atoms. The molecule has 2 aromatic carbocycles. The third kappa shape index (κ3) is 5.85. The molecule has 2 aromatic rings. The van der Waals surface area contributed by atoms with Crippen LogP contribution in [0.25, 0.3) is 0 Å². The van der Waals surface area contributed by atoms with Gasteiger partial charge in [-0.25, -0.2) is 13.6 Å². The first-order valence-electron chi connectivity index (χ1n) is 8.94. The molecule has 0 radical (unpaired) electrons. The van der Waals surface area contributed by atoms with E-state index in [9.17, 15) is 23.2 Å². The number of amides is 2. The highest BCUT2D eigenvalue weighted by atomic mass is 19.1. The molecule has 30 heavy (non-hydrogen) atoms. The van der Waals surface area contributed by atoms with Crippen LogP contribution in [0.3, 0.4) is 0 Å². The molecule has 0 aromatic heterocycles. The predicted octanol–water partition coefficient (Wildman–Crippen LogP) is 2.77. The molecule has 0 aliphatic heterocycles. The van der Waals surface area contributed by atoms with Crippen LogP contribution in [-0.2, 0) is 14.3 Å². The number of esters is 1. The van der Waals surface area contributed by atoms with Gasteiger partial charge in [0.25, 0.3) is 11.8 Å². The summed E-state index contributed by atoms with van der Waals surface area (Å²) in [6.07, 6.45) is 0. The van der Waals surface area contributed by atoms with Crippen molar-refractivity contribution >= 4 is 23.5 Å². The van der Waals surface area contributed by atoms with Crippen molar-refractivity contribution in [2.45, 2.75) is 19.9 Å². The van der Waals surface area contributed by atoms with E-state index in [1.807, 2.05) is 6.07 Å². The molecule has 0 heterocycles. The Morgan fingerprint density at radius 2 is 1.73 bits per heavy atom. The van der Waals surface area contributed by atoms with Crippen molar-refractivity contribution in [3.8, 4) is 6.07 Å². The summed E-state index contributed by atoms with van der Waals surface area (Å²) < 4.78 is 32.5. The normalized spacial score (nSPS) is 11.3. The quantitative estimate of drug-likeness (QED) is 0.676. The van der Waals surface area contributed by atoms with Crippen molar-refractivity contribution in [3.05, 3.63) is 65.2 Å². The number of carbonyl (C=O) groups is 3. The molecule has 1 atom stereocenters. The summed E-state index contributed by atoms with van der Waals surface area (Å²) in [6.45, 7) is 2.54. The molecule has 0 aliphatic carbocycles. The Balaban J connectivity index is 1.99. The number of hydrogen-bond donors (Lipinski definition) is 2. The van der Waals surface area contributed by atoms with Crippen LogP contribution < -0.4 is 10.6 Å². The van der Waals surface area contributed by atoms with E-state index in [4.69, 9.17) is 10.00 Å². The van der Waals surface area contributed by atoms with E-state index in [0.717, 1.165) is 18.2 Å². The van der Waals surface area contributed by atoms with Crippen LogP contribution in [0.1, 0.15) is 29.8 Å². The molecular weight excluding hydrogens is 396 g/mol.